The first-order chi connectivity index (χ1) is 6.06. The van der Waals surface area contributed by atoms with Gasteiger partial charge in [0.25, 0.3) is 0 Å². The van der Waals surface area contributed by atoms with Crippen LogP contribution in [0.4, 0.5) is 11.6 Å². The third-order valence-electron chi connectivity index (χ3n) is 1.34. The highest BCUT2D eigenvalue weighted by molar-refractivity contribution is 7.98. The maximum Gasteiger partial charge on any atom is 0.343 e. The van der Waals surface area contributed by atoms with Gasteiger partial charge in [-0.25, -0.2) is 14.8 Å². The lowest BCUT2D eigenvalue weighted by molar-refractivity contribution is 0.0698. The summed E-state index contributed by atoms with van der Waals surface area (Å²) in [5.41, 5.74) is 10.5. The van der Waals surface area contributed by atoms with Crippen LogP contribution >= 0.6 is 11.8 Å². The normalized spacial score (nSPS) is 9.92. The van der Waals surface area contributed by atoms with Crippen molar-refractivity contribution in [1.82, 2.24) is 9.97 Å². The van der Waals surface area contributed by atoms with E-state index in [1.807, 2.05) is 0 Å². The molecule has 0 saturated heterocycles. The Labute approximate surface area is 78.4 Å². The number of aromatic nitrogens is 2. The van der Waals surface area contributed by atoms with Crippen molar-refractivity contribution in [2.75, 3.05) is 17.7 Å². The molecule has 70 valence electrons. The number of hydrogen-bond acceptors (Lipinski definition) is 6. The summed E-state index contributed by atoms with van der Waals surface area (Å²) in [6.45, 7) is 0. The van der Waals surface area contributed by atoms with Crippen LogP contribution in [0.1, 0.15) is 10.4 Å². The molecule has 0 amide bonds. The fourth-order valence-corrected chi connectivity index (χ4v) is 1.16. The fourth-order valence-electron chi connectivity index (χ4n) is 0.785. The van der Waals surface area contributed by atoms with E-state index in [1.165, 1.54) is 11.8 Å². The number of thioether (sulfide) groups is 1. The molecule has 1 aromatic rings. The number of anilines is 2. The van der Waals surface area contributed by atoms with Crippen LogP contribution in [0.3, 0.4) is 0 Å². The van der Waals surface area contributed by atoms with Crippen molar-refractivity contribution in [1.29, 1.82) is 0 Å². The molecule has 0 saturated carbocycles. The second-order valence-electron chi connectivity index (χ2n) is 2.16. The van der Waals surface area contributed by atoms with Gasteiger partial charge >= 0.3 is 5.97 Å². The lowest BCUT2D eigenvalue weighted by Crippen LogP contribution is -2.11. The van der Waals surface area contributed by atoms with Crippen molar-refractivity contribution in [3.05, 3.63) is 5.56 Å². The molecular formula is C6H8N4O2S. The topological polar surface area (TPSA) is 115 Å². The lowest BCUT2D eigenvalue weighted by Gasteiger charge is -2.04. The zero-order valence-electron chi connectivity index (χ0n) is 6.81. The van der Waals surface area contributed by atoms with Crippen molar-refractivity contribution in [2.24, 2.45) is 0 Å². The summed E-state index contributed by atoms with van der Waals surface area (Å²) in [6.07, 6.45) is 1.74. The maximum absolute atomic E-state index is 10.6. The minimum absolute atomic E-state index is 0.107. The number of aromatic carboxylic acids is 1. The molecule has 0 aliphatic rings. The van der Waals surface area contributed by atoms with Crippen LogP contribution in [0.15, 0.2) is 5.16 Å². The summed E-state index contributed by atoms with van der Waals surface area (Å²) >= 11 is 1.24. The van der Waals surface area contributed by atoms with E-state index in [-0.39, 0.29) is 17.2 Å². The van der Waals surface area contributed by atoms with Crippen LogP contribution in [0.25, 0.3) is 0 Å². The summed E-state index contributed by atoms with van der Waals surface area (Å²) in [5, 5.41) is 9.02. The standard InChI is InChI=1S/C6H8N4O2S/c1-13-6-9-3(7)2(5(11)12)4(8)10-6/h1H3,(H,11,12)(H4,7,8,9,10). The van der Waals surface area contributed by atoms with Crippen molar-refractivity contribution < 1.29 is 9.90 Å². The molecule has 0 bridgehead atoms. The van der Waals surface area contributed by atoms with Crippen LogP contribution in [0, 0.1) is 0 Å². The molecular weight excluding hydrogens is 192 g/mol. The molecule has 0 aromatic carbocycles. The van der Waals surface area contributed by atoms with Gasteiger partial charge in [0.15, 0.2) is 5.16 Å². The molecule has 13 heavy (non-hydrogen) atoms. The molecule has 0 radical (unpaired) electrons. The second kappa shape index (κ2) is 3.48. The Morgan fingerprint density at radius 2 is 1.85 bits per heavy atom. The number of hydrogen-bond donors (Lipinski definition) is 3. The van der Waals surface area contributed by atoms with Gasteiger partial charge in [-0.15, -0.1) is 0 Å². The molecule has 0 aliphatic carbocycles. The molecule has 1 heterocycles. The summed E-state index contributed by atoms with van der Waals surface area (Å²) < 4.78 is 0. The van der Waals surface area contributed by atoms with E-state index >= 15 is 0 Å². The second-order valence-corrected chi connectivity index (χ2v) is 2.93. The molecule has 1 rings (SSSR count). The average Bonchev–Trinajstić information content (AvgIpc) is 2.02. The van der Waals surface area contributed by atoms with Crippen LogP contribution in [0.2, 0.25) is 0 Å². The van der Waals surface area contributed by atoms with Crippen molar-refractivity contribution in [3.8, 4) is 0 Å². The zero-order chi connectivity index (χ0) is 10.0. The third-order valence-corrected chi connectivity index (χ3v) is 1.89. The van der Waals surface area contributed by atoms with Crippen LogP contribution < -0.4 is 11.5 Å². The predicted octanol–water partition coefficient (Wildman–Crippen LogP) is 0.0611. The summed E-state index contributed by atoms with van der Waals surface area (Å²) in [7, 11) is 0. The molecule has 7 heteroatoms. The molecule has 0 atom stereocenters. The van der Waals surface area contributed by atoms with E-state index < -0.39 is 5.97 Å². The number of carboxylic acid groups (broad SMARTS) is 1. The van der Waals surface area contributed by atoms with Crippen molar-refractivity contribution in [2.45, 2.75) is 5.16 Å². The lowest BCUT2D eigenvalue weighted by atomic mass is 10.3. The summed E-state index contributed by atoms with van der Waals surface area (Å²) in [5.74, 6) is -1.43. The largest absolute Gasteiger partial charge is 0.477 e. The smallest absolute Gasteiger partial charge is 0.343 e. The highest BCUT2D eigenvalue weighted by atomic mass is 32.2. The molecule has 1 aromatic heterocycles. The summed E-state index contributed by atoms with van der Waals surface area (Å²) in [6, 6.07) is 0. The SMILES string of the molecule is CSc1nc(N)c(C(=O)O)c(N)n1. The monoisotopic (exact) mass is 200 g/mol. The minimum atomic E-state index is -1.22. The maximum atomic E-state index is 10.6. The Kier molecular flexibility index (Phi) is 2.57. The van der Waals surface area contributed by atoms with Gasteiger partial charge in [-0.2, -0.15) is 0 Å². The van der Waals surface area contributed by atoms with Gasteiger partial charge in [-0.1, -0.05) is 11.8 Å². The van der Waals surface area contributed by atoms with E-state index in [0.29, 0.717) is 5.16 Å². The predicted molar refractivity (Wildman–Crippen MR) is 49.6 cm³/mol. The van der Waals surface area contributed by atoms with Gasteiger partial charge in [0.2, 0.25) is 0 Å². The van der Waals surface area contributed by atoms with Gasteiger partial charge in [0, 0.05) is 0 Å². The number of carbonyl (C=O) groups is 1. The number of nitrogens with zero attached hydrogens (tertiary/aromatic N) is 2. The Balaban J connectivity index is 3.31. The first-order valence-electron chi connectivity index (χ1n) is 3.26. The molecule has 0 spiro atoms. The van der Waals surface area contributed by atoms with Gasteiger partial charge in [-0.05, 0) is 6.26 Å². The average molecular weight is 200 g/mol. The number of nitrogens with two attached hydrogens (primary N) is 2. The van der Waals surface area contributed by atoms with Gasteiger partial charge < -0.3 is 16.6 Å². The molecule has 6 nitrogen and oxygen atoms in total. The number of carboxylic acids is 1. The Morgan fingerprint density at radius 1 is 1.38 bits per heavy atom. The Hall–Kier alpha value is -1.50. The Morgan fingerprint density at radius 3 is 2.15 bits per heavy atom. The van der Waals surface area contributed by atoms with E-state index in [2.05, 4.69) is 9.97 Å². The van der Waals surface area contributed by atoms with Gasteiger partial charge in [-0.3, -0.25) is 0 Å². The van der Waals surface area contributed by atoms with Gasteiger partial charge in [0.1, 0.15) is 17.2 Å². The molecule has 5 N–H and O–H groups in total. The van der Waals surface area contributed by atoms with E-state index in [4.69, 9.17) is 16.6 Å². The Bertz CT molecular complexity index is 331. The van der Waals surface area contributed by atoms with Crippen molar-refractivity contribution in [3.63, 3.8) is 0 Å². The van der Waals surface area contributed by atoms with Gasteiger partial charge in [0.05, 0.1) is 0 Å². The van der Waals surface area contributed by atoms with Crippen LogP contribution in [-0.2, 0) is 0 Å². The minimum Gasteiger partial charge on any atom is -0.477 e. The molecule has 0 unspecified atom stereocenters. The molecule has 0 fully saturated rings. The zero-order valence-corrected chi connectivity index (χ0v) is 7.63. The highest BCUT2D eigenvalue weighted by Crippen LogP contribution is 2.19. The first kappa shape index (κ1) is 9.59. The van der Waals surface area contributed by atoms with Crippen molar-refractivity contribution >= 4 is 29.4 Å². The van der Waals surface area contributed by atoms with Crippen LogP contribution in [0.5, 0.6) is 0 Å². The van der Waals surface area contributed by atoms with E-state index in [1.54, 1.807) is 6.26 Å². The highest BCUT2D eigenvalue weighted by Gasteiger charge is 2.15. The third kappa shape index (κ3) is 1.81. The quantitative estimate of drug-likeness (QED) is 0.456. The van der Waals surface area contributed by atoms with E-state index in [9.17, 15) is 4.79 Å². The summed E-state index contributed by atoms with van der Waals surface area (Å²) in [4.78, 5) is 18.1. The van der Waals surface area contributed by atoms with E-state index in [0.717, 1.165) is 0 Å². The van der Waals surface area contributed by atoms with Crippen LogP contribution in [-0.4, -0.2) is 27.3 Å². The first-order valence-corrected chi connectivity index (χ1v) is 4.49. The number of nitrogen functional groups attached to an aromatic ring is 2. The fraction of sp³-hybridized carbons (Fsp3) is 0.167. The number of rotatable bonds is 2. The molecule has 0 aliphatic heterocycles.